The van der Waals surface area contributed by atoms with Crippen molar-refractivity contribution < 1.29 is 14.2 Å². The molecule has 0 saturated heterocycles. The SMILES string of the molecule is CCNCCCOCCOCCOCCCC(C)(C)C. The van der Waals surface area contributed by atoms with Crippen LogP contribution < -0.4 is 5.32 Å². The highest BCUT2D eigenvalue weighted by molar-refractivity contribution is 4.60. The molecule has 4 heteroatoms. The van der Waals surface area contributed by atoms with Crippen LogP contribution in [0.15, 0.2) is 0 Å². The Morgan fingerprint density at radius 1 is 0.750 bits per heavy atom. The normalized spacial score (nSPS) is 12.0. The number of hydrogen-bond acceptors (Lipinski definition) is 4. The zero-order valence-corrected chi connectivity index (χ0v) is 14.0. The summed E-state index contributed by atoms with van der Waals surface area (Å²) in [7, 11) is 0. The minimum Gasteiger partial charge on any atom is -0.379 e. The Morgan fingerprint density at radius 3 is 1.75 bits per heavy atom. The van der Waals surface area contributed by atoms with Crippen molar-refractivity contribution in [3.05, 3.63) is 0 Å². The summed E-state index contributed by atoms with van der Waals surface area (Å²) in [6.07, 6.45) is 3.39. The summed E-state index contributed by atoms with van der Waals surface area (Å²) in [6, 6.07) is 0. The third-order valence-corrected chi connectivity index (χ3v) is 2.85. The second-order valence-corrected chi connectivity index (χ2v) is 6.21. The second kappa shape index (κ2) is 13.8. The Balaban J connectivity index is 2.99. The van der Waals surface area contributed by atoms with E-state index >= 15 is 0 Å². The maximum absolute atomic E-state index is 5.53. The summed E-state index contributed by atoms with van der Waals surface area (Å²) >= 11 is 0. The van der Waals surface area contributed by atoms with Crippen molar-refractivity contribution in [1.29, 1.82) is 0 Å². The van der Waals surface area contributed by atoms with E-state index in [0.29, 0.717) is 31.8 Å². The third-order valence-electron chi connectivity index (χ3n) is 2.85. The minimum atomic E-state index is 0.407. The van der Waals surface area contributed by atoms with E-state index in [1.54, 1.807) is 0 Å². The zero-order valence-electron chi connectivity index (χ0n) is 14.0. The molecule has 0 rings (SSSR count). The molecule has 20 heavy (non-hydrogen) atoms. The van der Waals surface area contributed by atoms with Gasteiger partial charge in [-0.05, 0) is 37.8 Å². The minimum absolute atomic E-state index is 0.407. The molecule has 0 aromatic heterocycles. The smallest absolute Gasteiger partial charge is 0.0701 e. The molecule has 1 N–H and O–H groups in total. The van der Waals surface area contributed by atoms with Crippen molar-refractivity contribution in [1.82, 2.24) is 5.32 Å². The zero-order chi connectivity index (χ0) is 15.1. The van der Waals surface area contributed by atoms with Crippen LogP contribution in [0.4, 0.5) is 0 Å². The molecular formula is C16H35NO3. The number of hydrogen-bond donors (Lipinski definition) is 1. The Bertz CT molecular complexity index is 193. The molecule has 0 fully saturated rings. The summed E-state index contributed by atoms with van der Waals surface area (Å²) < 4.78 is 16.4. The first-order valence-corrected chi connectivity index (χ1v) is 8.00. The van der Waals surface area contributed by atoms with Crippen LogP contribution in [0.2, 0.25) is 0 Å². The van der Waals surface area contributed by atoms with Gasteiger partial charge in [0.05, 0.1) is 26.4 Å². The van der Waals surface area contributed by atoms with Crippen LogP contribution in [-0.4, -0.2) is 52.7 Å². The lowest BCUT2D eigenvalue weighted by atomic mass is 9.91. The van der Waals surface area contributed by atoms with E-state index in [-0.39, 0.29) is 0 Å². The van der Waals surface area contributed by atoms with Crippen LogP contribution in [0.5, 0.6) is 0 Å². The summed E-state index contributed by atoms with van der Waals surface area (Å²) in [6.45, 7) is 15.3. The van der Waals surface area contributed by atoms with Gasteiger partial charge in [0.1, 0.15) is 0 Å². The molecule has 0 radical (unpaired) electrons. The van der Waals surface area contributed by atoms with Crippen LogP contribution in [0.3, 0.4) is 0 Å². The van der Waals surface area contributed by atoms with E-state index in [1.165, 1.54) is 6.42 Å². The Labute approximate surface area is 125 Å². The first-order valence-electron chi connectivity index (χ1n) is 8.00. The van der Waals surface area contributed by atoms with E-state index in [1.807, 2.05) is 0 Å². The fourth-order valence-electron chi connectivity index (χ4n) is 1.72. The van der Waals surface area contributed by atoms with E-state index in [0.717, 1.165) is 39.1 Å². The van der Waals surface area contributed by atoms with Gasteiger partial charge < -0.3 is 19.5 Å². The second-order valence-electron chi connectivity index (χ2n) is 6.21. The van der Waals surface area contributed by atoms with E-state index in [2.05, 4.69) is 33.0 Å². The lowest BCUT2D eigenvalue weighted by Crippen LogP contribution is -2.16. The largest absolute Gasteiger partial charge is 0.379 e. The van der Waals surface area contributed by atoms with Crippen molar-refractivity contribution in [2.75, 3.05) is 52.7 Å². The van der Waals surface area contributed by atoms with Gasteiger partial charge in [-0.2, -0.15) is 0 Å². The molecular weight excluding hydrogens is 254 g/mol. The highest BCUT2D eigenvalue weighted by Crippen LogP contribution is 2.20. The highest BCUT2D eigenvalue weighted by Gasteiger charge is 2.08. The van der Waals surface area contributed by atoms with Crippen LogP contribution in [-0.2, 0) is 14.2 Å². The molecule has 0 saturated carbocycles. The molecule has 0 heterocycles. The maximum Gasteiger partial charge on any atom is 0.0701 e. The molecule has 0 unspecified atom stereocenters. The van der Waals surface area contributed by atoms with Gasteiger partial charge in [0.15, 0.2) is 0 Å². The van der Waals surface area contributed by atoms with E-state index < -0.39 is 0 Å². The Hall–Kier alpha value is -0.160. The van der Waals surface area contributed by atoms with Gasteiger partial charge in [-0.25, -0.2) is 0 Å². The van der Waals surface area contributed by atoms with Gasteiger partial charge in [0.2, 0.25) is 0 Å². The lowest BCUT2D eigenvalue weighted by molar-refractivity contribution is 0.0127. The summed E-state index contributed by atoms with van der Waals surface area (Å²) in [4.78, 5) is 0. The van der Waals surface area contributed by atoms with Gasteiger partial charge in [-0.3, -0.25) is 0 Å². The van der Waals surface area contributed by atoms with Gasteiger partial charge in [0, 0.05) is 13.2 Å². The van der Waals surface area contributed by atoms with E-state index in [4.69, 9.17) is 14.2 Å². The van der Waals surface area contributed by atoms with Gasteiger partial charge in [-0.1, -0.05) is 27.7 Å². The lowest BCUT2D eigenvalue weighted by Gasteiger charge is -2.17. The molecule has 0 aliphatic heterocycles. The van der Waals surface area contributed by atoms with Crippen molar-refractivity contribution in [3.8, 4) is 0 Å². The maximum atomic E-state index is 5.53. The number of nitrogens with one attached hydrogen (secondary N) is 1. The predicted octanol–water partition coefficient (Wildman–Crippen LogP) is 2.86. The van der Waals surface area contributed by atoms with Crippen molar-refractivity contribution >= 4 is 0 Å². The molecule has 0 aliphatic rings. The molecule has 122 valence electrons. The summed E-state index contributed by atoms with van der Waals surface area (Å²) in [5.74, 6) is 0. The van der Waals surface area contributed by atoms with Crippen LogP contribution >= 0.6 is 0 Å². The average molecular weight is 289 g/mol. The topological polar surface area (TPSA) is 39.7 Å². The van der Waals surface area contributed by atoms with Crippen molar-refractivity contribution in [2.45, 2.75) is 47.0 Å². The fraction of sp³-hybridized carbons (Fsp3) is 1.00. The predicted molar refractivity (Wildman–Crippen MR) is 84.3 cm³/mol. The summed E-state index contributed by atoms with van der Waals surface area (Å²) in [5, 5.41) is 3.27. The molecule has 0 aromatic rings. The fourth-order valence-corrected chi connectivity index (χ4v) is 1.72. The highest BCUT2D eigenvalue weighted by atomic mass is 16.5. The van der Waals surface area contributed by atoms with Crippen LogP contribution in [0.1, 0.15) is 47.0 Å². The van der Waals surface area contributed by atoms with Crippen molar-refractivity contribution in [3.63, 3.8) is 0 Å². The monoisotopic (exact) mass is 289 g/mol. The standard InChI is InChI=1S/C16H35NO3/c1-5-17-9-7-11-19-13-15-20-14-12-18-10-6-8-16(2,3)4/h17H,5-15H2,1-4H3. The van der Waals surface area contributed by atoms with E-state index in [9.17, 15) is 0 Å². The molecule has 0 amide bonds. The van der Waals surface area contributed by atoms with Crippen LogP contribution in [0, 0.1) is 5.41 Å². The van der Waals surface area contributed by atoms with Gasteiger partial charge in [-0.15, -0.1) is 0 Å². The Kier molecular flexibility index (Phi) is 13.7. The first-order chi connectivity index (χ1) is 9.56. The molecule has 0 atom stereocenters. The quantitative estimate of drug-likeness (QED) is 0.499. The summed E-state index contributed by atoms with van der Waals surface area (Å²) in [5.41, 5.74) is 0.407. The van der Waals surface area contributed by atoms with Gasteiger partial charge >= 0.3 is 0 Å². The molecule has 0 aromatic carbocycles. The molecule has 0 bridgehead atoms. The number of ether oxygens (including phenoxy) is 3. The molecule has 0 aliphatic carbocycles. The molecule has 4 nitrogen and oxygen atoms in total. The van der Waals surface area contributed by atoms with Crippen LogP contribution in [0.25, 0.3) is 0 Å². The first kappa shape index (κ1) is 19.8. The molecule has 0 spiro atoms. The third kappa shape index (κ3) is 17.8. The number of rotatable bonds is 14. The Morgan fingerprint density at radius 2 is 1.25 bits per heavy atom. The van der Waals surface area contributed by atoms with Gasteiger partial charge in [0.25, 0.3) is 0 Å². The van der Waals surface area contributed by atoms with Crippen molar-refractivity contribution in [2.24, 2.45) is 5.41 Å². The average Bonchev–Trinajstić information content (AvgIpc) is 2.38.